The van der Waals surface area contributed by atoms with Gasteiger partial charge >= 0.3 is 5.97 Å². The van der Waals surface area contributed by atoms with Gasteiger partial charge in [-0.3, -0.25) is 28.8 Å². The van der Waals surface area contributed by atoms with E-state index in [4.69, 9.17) is 5.11 Å². The van der Waals surface area contributed by atoms with Crippen LogP contribution in [0.1, 0.15) is 52.0 Å². The third kappa shape index (κ3) is 12.6. The van der Waals surface area contributed by atoms with Crippen LogP contribution in [0.4, 0.5) is 0 Å². The van der Waals surface area contributed by atoms with Gasteiger partial charge in [0.15, 0.2) is 5.78 Å². The van der Waals surface area contributed by atoms with E-state index >= 15 is 0 Å². The number of carboxylic acids is 1. The van der Waals surface area contributed by atoms with Crippen LogP contribution in [0.3, 0.4) is 0 Å². The number of hydrogen-bond donors (Lipinski definition) is 5. The zero-order valence-corrected chi connectivity index (χ0v) is 21.0. The predicted octanol–water partition coefficient (Wildman–Crippen LogP) is 0.321. The highest BCUT2D eigenvalue weighted by Gasteiger charge is 2.26. The number of nitrogens with one attached hydrogen (secondary N) is 4. The van der Waals surface area contributed by atoms with Crippen LogP contribution in [0.15, 0.2) is 30.3 Å². The lowest BCUT2D eigenvalue weighted by atomic mass is 10.0. The topological polar surface area (TPSA) is 171 Å². The summed E-state index contributed by atoms with van der Waals surface area (Å²) in [5, 5.41) is 18.4. The van der Waals surface area contributed by atoms with Crippen molar-refractivity contribution in [2.45, 2.75) is 65.0 Å². The molecule has 1 aromatic carbocycles. The van der Waals surface area contributed by atoms with Crippen LogP contribution in [-0.2, 0) is 35.2 Å². The van der Waals surface area contributed by atoms with Gasteiger partial charge in [0.05, 0.1) is 19.5 Å². The molecule has 1 unspecified atom stereocenters. The van der Waals surface area contributed by atoms with E-state index in [1.54, 1.807) is 13.8 Å². The molecule has 0 bridgehead atoms. The molecule has 5 N–H and O–H groups in total. The predicted molar refractivity (Wildman–Crippen MR) is 132 cm³/mol. The Morgan fingerprint density at radius 2 is 1.50 bits per heavy atom. The van der Waals surface area contributed by atoms with Gasteiger partial charge in [0.2, 0.25) is 23.6 Å². The molecular formula is C25H36N4O7. The molecule has 0 aliphatic heterocycles. The second-order valence-corrected chi connectivity index (χ2v) is 8.81. The van der Waals surface area contributed by atoms with Crippen molar-refractivity contribution >= 4 is 35.4 Å². The number of rotatable bonds is 16. The molecule has 0 radical (unpaired) electrons. The standard InChI is InChI=1S/C25H36N4O7/c1-16(2)23(29-21(32)15-27-24(35)20(13-22(33)34)28-17(3)30)25(36)26-14-19(31)12-8-7-11-18-9-5-4-6-10-18/h4-6,9-10,16,20,23H,7-8,11-15H2,1-3H3,(H,26,36)(H,27,35)(H,28,30)(H,29,32)(H,33,34)/t20-,23?/m0/s1. The average molecular weight is 505 g/mol. The number of unbranched alkanes of at least 4 members (excludes halogenated alkanes) is 1. The normalized spacial score (nSPS) is 12.2. The minimum absolute atomic E-state index is 0.111. The van der Waals surface area contributed by atoms with Crippen molar-refractivity contribution in [1.82, 2.24) is 21.3 Å². The van der Waals surface area contributed by atoms with Gasteiger partial charge in [-0.15, -0.1) is 0 Å². The fourth-order valence-electron chi connectivity index (χ4n) is 3.36. The van der Waals surface area contributed by atoms with E-state index in [1.165, 1.54) is 5.56 Å². The summed E-state index contributed by atoms with van der Waals surface area (Å²) in [6, 6.07) is 7.67. The van der Waals surface area contributed by atoms with Gasteiger partial charge in [-0.05, 0) is 30.7 Å². The second-order valence-electron chi connectivity index (χ2n) is 8.81. The maximum atomic E-state index is 12.6. The SMILES string of the molecule is CC(=O)N[C@@H](CC(=O)O)C(=O)NCC(=O)NC(C(=O)NCC(=O)CCCCc1ccccc1)C(C)C. The number of carbonyl (C=O) groups excluding carboxylic acids is 5. The number of benzene rings is 1. The highest BCUT2D eigenvalue weighted by molar-refractivity contribution is 5.94. The quantitative estimate of drug-likeness (QED) is 0.202. The molecule has 1 rings (SSSR count). The molecule has 2 atom stereocenters. The number of carbonyl (C=O) groups is 6. The van der Waals surface area contributed by atoms with E-state index in [9.17, 15) is 28.8 Å². The Bertz CT molecular complexity index is 902. The van der Waals surface area contributed by atoms with Gasteiger partial charge in [-0.25, -0.2) is 0 Å². The van der Waals surface area contributed by atoms with Gasteiger partial charge in [0.25, 0.3) is 0 Å². The molecule has 36 heavy (non-hydrogen) atoms. The van der Waals surface area contributed by atoms with Crippen molar-refractivity contribution < 1.29 is 33.9 Å². The molecule has 0 aliphatic rings. The van der Waals surface area contributed by atoms with Crippen LogP contribution in [-0.4, -0.2) is 65.7 Å². The Labute approximate surface area is 210 Å². The maximum Gasteiger partial charge on any atom is 0.305 e. The first-order chi connectivity index (χ1) is 17.0. The van der Waals surface area contributed by atoms with Crippen molar-refractivity contribution in [3.63, 3.8) is 0 Å². The fraction of sp³-hybridized carbons (Fsp3) is 0.520. The molecule has 0 aromatic heterocycles. The Morgan fingerprint density at radius 1 is 0.861 bits per heavy atom. The molecule has 0 saturated carbocycles. The summed E-state index contributed by atoms with van der Waals surface area (Å²) in [6.07, 6.45) is 2.12. The van der Waals surface area contributed by atoms with Gasteiger partial charge in [-0.2, -0.15) is 0 Å². The first kappa shape index (κ1) is 30.3. The van der Waals surface area contributed by atoms with Crippen molar-refractivity contribution in [1.29, 1.82) is 0 Å². The smallest absolute Gasteiger partial charge is 0.305 e. The molecule has 11 heteroatoms. The Balaban J connectivity index is 2.44. The van der Waals surface area contributed by atoms with Gasteiger partial charge in [-0.1, -0.05) is 44.2 Å². The molecule has 1 aromatic rings. The lowest BCUT2D eigenvalue weighted by molar-refractivity contribution is -0.140. The Hall–Kier alpha value is -3.76. The zero-order valence-electron chi connectivity index (χ0n) is 21.0. The van der Waals surface area contributed by atoms with Crippen LogP contribution in [0, 0.1) is 5.92 Å². The number of hydrogen-bond acceptors (Lipinski definition) is 6. The zero-order chi connectivity index (χ0) is 27.1. The van der Waals surface area contributed by atoms with E-state index in [0.717, 1.165) is 19.8 Å². The van der Waals surface area contributed by atoms with Crippen LogP contribution >= 0.6 is 0 Å². The summed E-state index contributed by atoms with van der Waals surface area (Å²) in [5.41, 5.74) is 1.21. The minimum atomic E-state index is -1.34. The van der Waals surface area contributed by atoms with Crippen LogP contribution in [0.25, 0.3) is 0 Å². The van der Waals surface area contributed by atoms with Crippen molar-refractivity contribution in [2.24, 2.45) is 5.92 Å². The first-order valence-corrected chi connectivity index (χ1v) is 11.9. The monoisotopic (exact) mass is 504 g/mol. The van der Waals surface area contributed by atoms with E-state index in [1.807, 2.05) is 30.3 Å². The van der Waals surface area contributed by atoms with Gasteiger partial charge < -0.3 is 26.4 Å². The van der Waals surface area contributed by atoms with E-state index < -0.39 is 54.6 Å². The second kappa shape index (κ2) is 16.0. The summed E-state index contributed by atoms with van der Waals surface area (Å²) in [7, 11) is 0. The van der Waals surface area contributed by atoms with Crippen molar-refractivity contribution in [3.8, 4) is 0 Å². The number of amides is 4. The molecule has 0 saturated heterocycles. The highest BCUT2D eigenvalue weighted by Crippen LogP contribution is 2.07. The van der Waals surface area contributed by atoms with E-state index in [2.05, 4.69) is 21.3 Å². The maximum absolute atomic E-state index is 12.6. The third-order valence-corrected chi connectivity index (χ3v) is 5.24. The van der Waals surface area contributed by atoms with Crippen LogP contribution in [0.5, 0.6) is 0 Å². The number of aryl methyl sites for hydroxylation is 1. The molecule has 0 fully saturated rings. The highest BCUT2D eigenvalue weighted by atomic mass is 16.4. The lowest BCUT2D eigenvalue weighted by Crippen LogP contribution is -2.54. The van der Waals surface area contributed by atoms with E-state index in [-0.39, 0.29) is 18.2 Å². The number of aliphatic carboxylic acids is 1. The molecule has 4 amide bonds. The summed E-state index contributed by atoms with van der Waals surface area (Å²) in [5.74, 6) is -4.35. The van der Waals surface area contributed by atoms with Gasteiger partial charge in [0, 0.05) is 13.3 Å². The minimum Gasteiger partial charge on any atom is -0.481 e. The Morgan fingerprint density at radius 3 is 2.08 bits per heavy atom. The molecule has 11 nitrogen and oxygen atoms in total. The largest absolute Gasteiger partial charge is 0.481 e. The van der Waals surface area contributed by atoms with Crippen LogP contribution < -0.4 is 21.3 Å². The number of carboxylic acid groups (broad SMARTS) is 1. The molecular weight excluding hydrogens is 468 g/mol. The fourth-order valence-corrected chi connectivity index (χ4v) is 3.36. The number of ketones is 1. The summed E-state index contributed by atoms with van der Waals surface area (Å²) in [4.78, 5) is 71.2. The molecule has 0 spiro atoms. The first-order valence-electron chi connectivity index (χ1n) is 11.9. The molecule has 0 aliphatic carbocycles. The summed E-state index contributed by atoms with van der Waals surface area (Å²) < 4.78 is 0. The summed E-state index contributed by atoms with van der Waals surface area (Å²) in [6.45, 7) is 3.90. The van der Waals surface area contributed by atoms with Crippen LogP contribution in [0.2, 0.25) is 0 Å². The van der Waals surface area contributed by atoms with Crippen molar-refractivity contribution in [3.05, 3.63) is 35.9 Å². The summed E-state index contributed by atoms with van der Waals surface area (Å²) >= 11 is 0. The van der Waals surface area contributed by atoms with Crippen molar-refractivity contribution in [2.75, 3.05) is 13.1 Å². The van der Waals surface area contributed by atoms with E-state index in [0.29, 0.717) is 12.8 Å². The molecule has 198 valence electrons. The third-order valence-electron chi connectivity index (χ3n) is 5.24. The lowest BCUT2D eigenvalue weighted by Gasteiger charge is -2.22. The average Bonchev–Trinajstić information content (AvgIpc) is 2.81. The Kier molecular flexibility index (Phi) is 13.5. The number of Topliss-reactive ketones (excluding diaryl/α,β-unsaturated/α-hetero) is 1. The molecule has 0 heterocycles. The van der Waals surface area contributed by atoms with Gasteiger partial charge in [0.1, 0.15) is 12.1 Å².